The molecule has 0 saturated heterocycles. The first-order valence-electron chi connectivity index (χ1n) is 7.99. The molecule has 0 heterocycles. The maximum absolute atomic E-state index is 11.9. The lowest BCUT2D eigenvalue weighted by atomic mass is 9.89. The van der Waals surface area contributed by atoms with Crippen molar-refractivity contribution < 1.29 is 24.2 Å². The number of aldehydes is 1. The molecule has 1 rings (SSSR count). The van der Waals surface area contributed by atoms with E-state index in [4.69, 9.17) is 0 Å². The lowest BCUT2D eigenvalue weighted by Crippen LogP contribution is -2.18. The Morgan fingerprint density at radius 3 is 2.64 bits per heavy atom. The number of hydrogen-bond acceptors (Lipinski definition) is 5. The SMILES string of the molecule is COC(=O)CCCCCCCC1C(=O)CC(O)C1C=CC=O. The molecule has 0 aromatic heterocycles. The molecule has 3 atom stereocenters. The Hall–Kier alpha value is -1.49. The lowest BCUT2D eigenvalue weighted by molar-refractivity contribution is -0.140. The highest BCUT2D eigenvalue weighted by molar-refractivity contribution is 5.84. The number of rotatable bonds is 10. The van der Waals surface area contributed by atoms with Crippen LogP contribution in [0.1, 0.15) is 51.4 Å². The Morgan fingerprint density at radius 1 is 1.27 bits per heavy atom. The van der Waals surface area contributed by atoms with Gasteiger partial charge in [0.05, 0.1) is 13.2 Å². The molecule has 1 aliphatic carbocycles. The molecule has 1 N–H and O–H groups in total. The highest BCUT2D eigenvalue weighted by Gasteiger charge is 2.39. The number of ketones is 1. The summed E-state index contributed by atoms with van der Waals surface area (Å²) in [5.74, 6) is -0.465. The summed E-state index contributed by atoms with van der Waals surface area (Å²) in [6, 6.07) is 0. The van der Waals surface area contributed by atoms with Crippen LogP contribution in [0, 0.1) is 11.8 Å². The number of hydrogen-bond donors (Lipinski definition) is 1. The minimum Gasteiger partial charge on any atom is -0.469 e. The van der Waals surface area contributed by atoms with Gasteiger partial charge in [-0.3, -0.25) is 14.4 Å². The van der Waals surface area contributed by atoms with Gasteiger partial charge in [-0.25, -0.2) is 0 Å². The molecule has 1 saturated carbocycles. The van der Waals surface area contributed by atoms with Crippen LogP contribution in [0.4, 0.5) is 0 Å². The molecule has 0 amide bonds. The van der Waals surface area contributed by atoms with E-state index in [2.05, 4.69) is 4.74 Å². The predicted octanol–water partition coefficient (Wildman–Crippen LogP) is 2.21. The van der Waals surface area contributed by atoms with E-state index in [1.165, 1.54) is 13.2 Å². The van der Waals surface area contributed by atoms with Gasteiger partial charge in [0.25, 0.3) is 0 Å². The van der Waals surface area contributed by atoms with Gasteiger partial charge in [0.1, 0.15) is 12.1 Å². The molecule has 5 heteroatoms. The molecule has 1 aliphatic rings. The minimum absolute atomic E-state index is 0.0961. The molecule has 0 aromatic rings. The third-order valence-corrected chi connectivity index (χ3v) is 4.27. The van der Waals surface area contributed by atoms with Crippen molar-refractivity contribution in [3.8, 4) is 0 Å². The topological polar surface area (TPSA) is 80.7 Å². The molecular weight excluding hydrogens is 284 g/mol. The highest BCUT2D eigenvalue weighted by Crippen LogP contribution is 2.34. The molecule has 124 valence electrons. The smallest absolute Gasteiger partial charge is 0.305 e. The first kappa shape index (κ1) is 18.6. The van der Waals surface area contributed by atoms with Crippen LogP contribution in [0.25, 0.3) is 0 Å². The zero-order valence-corrected chi connectivity index (χ0v) is 13.2. The summed E-state index contributed by atoms with van der Waals surface area (Å²) in [7, 11) is 1.39. The summed E-state index contributed by atoms with van der Waals surface area (Å²) in [6.45, 7) is 0. The molecule has 0 radical (unpaired) electrons. The second-order valence-corrected chi connectivity index (χ2v) is 5.83. The number of ether oxygens (including phenoxy) is 1. The highest BCUT2D eigenvalue weighted by atomic mass is 16.5. The molecule has 22 heavy (non-hydrogen) atoms. The molecule has 0 bridgehead atoms. The van der Waals surface area contributed by atoms with E-state index in [0.717, 1.165) is 38.5 Å². The molecular formula is C17H26O5. The van der Waals surface area contributed by atoms with Crippen molar-refractivity contribution in [2.24, 2.45) is 11.8 Å². The van der Waals surface area contributed by atoms with Crippen molar-refractivity contribution in [2.75, 3.05) is 7.11 Å². The summed E-state index contributed by atoms with van der Waals surface area (Å²) in [6.07, 6.45) is 9.20. The minimum atomic E-state index is -0.659. The molecule has 0 aromatic carbocycles. The number of aliphatic hydroxyl groups is 1. The van der Waals surface area contributed by atoms with Crippen LogP contribution in [-0.4, -0.2) is 36.4 Å². The Morgan fingerprint density at radius 2 is 1.95 bits per heavy atom. The van der Waals surface area contributed by atoms with Gasteiger partial charge in [-0.1, -0.05) is 31.8 Å². The van der Waals surface area contributed by atoms with Gasteiger partial charge in [-0.2, -0.15) is 0 Å². The monoisotopic (exact) mass is 310 g/mol. The molecule has 0 spiro atoms. The predicted molar refractivity (Wildman–Crippen MR) is 82.1 cm³/mol. The summed E-state index contributed by atoms with van der Waals surface area (Å²) in [4.78, 5) is 33.2. The van der Waals surface area contributed by atoms with Gasteiger partial charge in [0.15, 0.2) is 0 Å². The maximum atomic E-state index is 11.9. The van der Waals surface area contributed by atoms with Crippen molar-refractivity contribution in [1.82, 2.24) is 0 Å². The number of unbranched alkanes of at least 4 members (excludes halogenated alkanes) is 4. The van der Waals surface area contributed by atoms with Gasteiger partial charge in [0, 0.05) is 24.7 Å². The van der Waals surface area contributed by atoms with Crippen LogP contribution < -0.4 is 0 Å². The largest absolute Gasteiger partial charge is 0.469 e. The summed E-state index contributed by atoms with van der Waals surface area (Å²) in [5.41, 5.74) is 0. The molecule has 5 nitrogen and oxygen atoms in total. The maximum Gasteiger partial charge on any atom is 0.305 e. The Bertz CT molecular complexity index is 402. The number of Topliss-reactive ketones (excluding diaryl/α,β-unsaturated/α-hetero) is 1. The zero-order chi connectivity index (χ0) is 16.4. The first-order valence-corrected chi connectivity index (χ1v) is 7.99. The third kappa shape index (κ3) is 6.10. The van der Waals surface area contributed by atoms with Gasteiger partial charge < -0.3 is 9.84 Å². The summed E-state index contributed by atoms with van der Waals surface area (Å²) >= 11 is 0. The van der Waals surface area contributed by atoms with Crippen LogP contribution in [0.3, 0.4) is 0 Å². The van der Waals surface area contributed by atoms with Crippen molar-refractivity contribution in [2.45, 2.75) is 57.5 Å². The van der Waals surface area contributed by atoms with E-state index in [9.17, 15) is 19.5 Å². The lowest BCUT2D eigenvalue weighted by Gasteiger charge is -2.16. The van der Waals surface area contributed by atoms with E-state index < -0.39 is 6.10 Å². The van der Waals surface area contributed by atoms with Crippen LogP contribution in [0.2, 0.25) is 0 Å². The van der Waals surface area contributed by atoms with Gasteiger partial charge in [0.2, 0.25) is 0 Å². The van der Waals surface area contributed by atoms with Crippen LogP contribution in [0.5, 0.6) is 0 Å². The Labute approximate surface area is 131 Å². The number of carbonyl (C=O) groups excluding carboxylic acids is 3. The van der Waals surface area contributed by atoms with E-state index in [-0.39, 0.29) is 30.0 Å². The van der Waals surface area contributed by atoms with Gasteiger partial charge in [-0.05, 0) is 18.9 Å². The van der Waals surface area contributed by atoms with Crippen LogP contribution in [-0.2, 0) is 19.1 Å². The van der Waals surface area contributed by atoms with Crippen molar-refractivity contribution in [3.63, 3.8) is 0 Å². The normalized spacial score (nSPS) is 24.8. The number of esters is 1. The quantitative estimate of drug-likeness (QED) is 0.289. The van der Waals surface area contributed by atoms with Crippen LogP contribution >= 0.6 is 0 Å². The fraction of sp³-hybridized carbons (Fsp3) is 0.706. The first-order chi connectivity index (χ1) is 10.6. The standard InChI is InChI=1S/C17H26O5/c1-22-17(21)10-6-4-2-3-5-8-13-14(9-7-11-18)16(20)12-15(13)19/h7,9,11,13-14,16,20H,2-6,8,10,12H2,1H3. The van der Waals surface area contributed by atoms with Gasteiger partial charge >= 0.3 is 5.97 Å². The Kier molecular flexibility index (Phi) is 8.67. The van der Waals surface area contributed by atoms with Crippen molar-refractivity contribution in [3.05, 3.63) is 12.2 Å². The molecule has 1 fully saturated rings. The summed E-state index contributed by atoms with van der Waals surface area (Å²) < 4.78 is 4.58. The van der Waals surface area contributed by atoms with E-state index in [0.29, 0.717) is 12.7 Å². The fourth-order valence-electron chi connectivity index (χ4n) is 3.03. The number of carbonyl (C=O) groups is 3. The van der Waals surface area contributed by atoms with Crippen molar-refractivity contribution in [1.29, 1.82) is 0 Å². The fourth-order valence-corrected chi connectivity index (χ4v) is 3.03. The van der Waals surface area contributed by atoms with E-state index in [1.807, 2.05) is 0 Å². The second-order valence-electron chi connectivity index (χ2n) is 5.83. The summed E-state index contributed by atoms with van der Waals surface area (Å²) in [5, 5.41) is 9.87. The Balaban J connectivity index is 2.22. The number of methoxy groups -OCH3 is 1. The molecule has 0 aliphatic heterocycles. The second kappa shape index (κ2) is 10.3. The van der Waals surface area contributed by atoms with Gasteiger partial charge in [-0.15, -0.1) is 0 Å². The van der Waals surface area contributed by atoms with E-state index in [1.54, 1.807) is 6.08 Å². The molecule has 3 unspecified atom stereocenters. The number of aliphatic hydroxyl groups excluding tert-OH is 1. The average molecular weight is 310 g/mol. The van der Waals surface area contributed by atoms with E-state index >= 15 is 0 Å². The van der Waals surface area contributed by atoms with Crippen LogP contribution in [0.15, 0.2) is 12.2 Å². The van der Waals surface area contributed by atoms with Crippen molar-refractivity contribution >= 4 is 18.0 Å². The zero-order valence-electron chi connectivity index (χ0n) is 13.2. The third-order valence-electron chi connectivity index (χ3n) is 4.27. The number of allylic oxidation sites excluding steroid dienone is 1. The average Bonchev–Trinajstić information content (AvgIpc) is 2.77.